The minimum absolute atomic E-state index is 0.00316. The first kappa shape index (κ1) is 24.7. The number of alkyl halides is 3. The smallest absolute Gasteiger partial charge is 0.417 e. The number of likely N-dealkylation sites (tertiary alicyclic amines) is 1. The van der Waals surface area contributed by atoms with Gasteiger partial charge in [-0.05, 0) is 66.8 Å². The zero-order chi connectivity index (χ0) is 27.1. The number of nitrogens with one attached hydrogen (secondary N) is 1. The van der Waals surface area contributed by atoms with E-state index in [0.29, 0.717) is 29.9 Å². The molecule has 0 radical (unpaired) electrons. The molecule has 1 saturated heterocycles. The molecule has 1 aliphatic heterocycles. The molecule has 0 unspecified atom stereocenters. The molecule has 10 heteroatoms. The second kappa shape index (κ2) is 9.61. The lowest BCUT2D eigenvalue weighted by atomic mass is 9.89. The first-order valence-electron chi connectivity index (χ1n) is 12.5. The average molecular weight is 533 g/mol. The van der Waals surface area contributed by atoms with Crippen molar-refractivity contribution in [3.63, 3.8) is 0 Å². The number of rotatable bonds is 4. The van der Waals surface area contributed by atoms with Gasteiger partial charge in [-0.25, -0.2) is 4.98 Å². The van der Waals surface area contributed by atoms with Gasteiger partial charge in [-0.1, -0.05) is 18.2 Å². The number of amides is 2. The molecular weight excluding hydrogens is 509 g/mol. The number of imidazole rings is 1. The molecule has 1 fully saturated rings. The minimum atomic E-state index is -4.53. The number of hydrogen-bond donors (Lipinski definition) is 1. The maximum Gasteiger partial charge on any atom is 0.417 e. The molecule has 198 valence electrons. The summed E-state index contributed by atoms with van der Waals surface area (Å²) >= 11 is 0. The fraction of sp³-hybridized carbons (Fsp3) is 0.207. The summed E-state index contributed by atoms with van der Waals surface area (Å²) in [5.74, 6) is -0.306. The van der Waals surface area contributed by atoms with Crippen LogP contribution < -0.4 is 5.32 Å². The molecule has 2 aromatic carbocycles. The zero-order valence-corrected chi connectivity index (χ0v) is 20.6. The third kappa shape index (κ3) is 4.85. The molecule has 39 heavy (non-hydrogen) atoms. The van der Waals surface area contributed by atoms with Crippen molar-refractivity contribution < 1.29 is 27.2 Å². The van der Waals surface area contributed by atoms with E-state index in [-0.39, 0.29) is 23.2 Å². The highest BCUT2D eigenvalue weighted by Gasteiger charge is 2.31. The van der Waals surface area contributed by atoms with Crippen LogP contribution in [0.3, 0.4) is 0 Å². The molecule has 0 bridgehead atoms. The van der Waals surface area contributed by atoms with Crippen LogP contribution in [0.2, 0.25) is 0 Å². The second-order valence-corrected chi connectivity index (χ2v) is 9.60. The number of carbonyl (C=O) groups is 2. The lowest BCUT2D eigenvalue weighted by Gasteiger charge is -2.32. The van der Waals surface area contributed by atoms with Crippen LogP contribution in [-0.4, -0.2) is 39.2 Å². The number of anilines is 1. The topological polar surface area (TPSA) is 79.8 Å². The lowest BCUT2D eigenvalue weighted by Crippen LogP contribution is -2.37. The third-order valence-electron chi connectivity index (χ3n) is 7.19. The SMILES string of the molecule is O=C(Nc1ccc(C2CCN(C(=O)c3ccc4ccoc4c3)CC2)cc1)c1cnc2ccc(C(F)(F)F)cn12. The van der Waals surface area contributed by atoms with Gasteiger partial charge in [0.15, 0.2) is 0 Å². The van der Waals surface area contributed by atoms with Crippen molar-refractivity contribution in [3.8, 4) is 0 Å². The molecule has 5 aromatic rings. The van der Waals surface area contributed by atoms with E-state index in [1.165, 1.54) is 12.3 Å². The largest absolute Gasteiger partial charge is 0.464 e. The molecule has 2 amide bonds. The molecule has 4 heterocycles. The summed E-state index contributed by atoms with van der Waals surface area (Å²) in [6.07, 6.45) is 0.814. The van der Waals surface area contributed by atoms with Gasteiger partial charge >= 0.3 is 6.18 Å². The molecular formula is C29H23F3N4O3. The van der Waals surface area contributed by atoms with Gasteiger partial charge in [0.2, 0.25) is 0 Å². The number of halogens is 3. The number of benzene rings is 2. The van der Waals surface area contributed by atoms with Gasteiger partial charge in [0.1, 0.15) is 16.9 Å². The highest BCUT2D eigenvalue weighted by atomic mass is 19.4. The van der Waals surface area contributed by atoms with Crippen LogP contribution in [0, 0.1) is 0 Å². The zero-order valence-electron chi connectivity index (χ0n) is 20.6. The fourth-order valence-corrected chi connectivity index (χ4v) is 5.04. The van der Waals surface area contributed by atoms with Crippen molar-refractivity contribution in [3.05, 3.63) is 102 Å². The number of pyridine rings is 1. The van der Waals surface area contributed by atoms with E-state index < -0.39 is 17.6 Å². The molecule has 1 aliphatic rings. The summed E-state index contributed by atoms with van der Waals surface area (Å²) in [5, 5.41) is 3.69. The molecule has 0 atom stereocenters. The predicted octanol–water partition coefficient (Wildman–Crippen LogP) is 6.37. The van der Waals surface area contributed by atoms with Crippen LogP contribution in [-0.2, 0) is 6.18 Å². The third-order valence-corrected chi connectivity index (χ3v) is 7.19. The van der Waals surface area contributed by atoms with Crippen LogP contribution in [0.15, 0.2) is 83.7 Å². The van der Waals surface area contributed by atoms with Gasteiger partial charge in [-0.15, -0.1) is 0 Å². The standard InChI is InChI=1S/C29H23F3N4O3/c30-29(31,32)22-5-8-26-33-16-24(36(26)17-22)27(37)34-23-6-3-18(4-7-23)19-9-12-35(13-10-19)28(38)21-2-1-20-11-14-39-25(20)15-21/h1-8,11,14-17,19H,9-10,12-13H2,(H,34,37). The molecule has 6 rings (SSSR count). The number of nitrogens with zero attached hydrogens (tertiary/aromatic N) is 3. The van der Waals surface area contributed by atoms with Gasteiger partial charge in [-0.2, -0.15) is 13.2 Å². The Balaban J connectivity index is 1.09. The summed E-state index contributed by atoms with van der Waals surface area (Å²) in [7, 11) is 0. The van der Waals surface area contributed by atoms with Crippen LogP contribution >= 0.6 is 0 Å². The van der Waals surface area contributed by atoms with Gasteiger partial charge in [0.05, 0.1) is 18.0 Å². The highest BCUT2D eigenvalue weighted by molar-refractivity contribution is 6.03. The Kier molecular flexibility index (Phi) is 6.09. The number of hydrogen-bond acceptors (Lipinski definition) is 4. The summed E-state index contributed by atoms with van der Waals surface area (Å²) in [6, 6.07) is 16.9. The molecule has 1 N–H and O–H groups in total. The van der Waals surface area contributed by atoms with Crippen molar-refractivity contribution in [2.75, 3.05) is 18.4 Å². The van der Waals surface area contributed by atoms with Crippen molar-refractivity contribution in [2.45, 2.75) is 24.9 Å². The first-order chi connectivity index (χ1) is 18.8. The summed E-state index contributed by atoms with van der Waals surface area (Å²) < 4.78 is 45.9. The Morgan fingerprint density at radius 1 is 0.974 bits per heavy atom. The van der Waals surface area contributed by atoms with Crippen LogP contribution in [0.25, 0.3) is 16.6 Å². The summed E-state index contributed by atoms with van der Waals surface area (Å²) in [5.41, 5.74) is 2.30. The number of piperidine rings is 1. The summed E-state index contributed by atoms with van der Waals surface area (Å²) in [6.45, 7) is 1.26. The molecule has 0 saturated carbocycles. The number of fused-ring (bicyclic) bond motifs is 2. The van der Waals surface area contributed by atoms with Crippen LogP contribution in [0.4, 0.5) is 18.9 Å². The molecule has 0 spiro atoms. The van der Waals surface area contributed by atoms with Crippen molar-refractivity contribution in [1.29, 1.82) is 0 Å². The van der Waals surface area contributed by atoms with Gasteiger partial charge in [0, 0.05) is 35.9 Å². The van der Waals surface area contributed by atoms with Crippen molar-refractivity contribution >= 4 is 34.1 Å². The monoisotopic (exact) mass is 532 g/mol. The predicted molar refractivity (Wildman–Crippen MR) is 139 cm³/mol. The maximum atomic E-state index is 13.1. The highest BCUT2D eigenvalue weighted by Crippen LogP contribution is 2.31. The van der Waals surface area contributed by atoms with E-state index in [2.05, 4.69) is 10.3 Å². The lowest BCUT2D eigenvalue weighted by molar-refractivity contribution is -0.137. The normalized spacial score (nSPS) is 14.7. The van der Waals surface area contributed by atoms with E-state index in [9.17, 15) is 22.8 Å². The number of aromatic nitrogens is 2. The molecule has 3 aromatic heterocycles. The van der Waals surface area contributed by atoms with Gasteiger partial charge in [-0.3, -0.25) is 14.0 Å². The number of furan rings is 1. The van der Waals surface area contributed by atoms with E-state index in [4.69, 9.17) is 4.42 Å². The van der Waals surface area contributed by atoms with E-state index in [0.717, 1.165) is 40.5 Å². The Bertz CT molecular complexity index is 1680. The summed E-state index contributed by atoms with van der Waals surface area (Å²) in [4.78, 5) is 31.7. The number of carbonyl (C=O) groups excluding carboxylic acids is 2. The van der Waals surface area contributed by atoms with E-state index in [1.807, 2.05) is 35.2 Å². The average Bonchev–Trinajstić information content (AvgIpc) is 3.59. The van der Waals surface area contributed by atoms with Crippen LogP contribution in [0.1, 0.15) is 50.7 Å². The maximum absolute atomic E-state index is 13.1. The Morgan fingerprint density at radius 2 is 1.74 bits per heavy atom. The minimum Gasteiger partial charge on any atom is -0.464 e. The fourth-order valence-electron chi connectivity index (χ4n) is 5.04. The molecule has 0 aliphatic carbocycles. The van der Waals surface area contributed by atoms with Crippen LogP contribution in [0.5, 0.6) is 0 Å². The Morgan fingerprint density at radius 3 is 2.49 bits per heavy atom. The van der Waals surface area contributed by atoms with Gasteiger partial charge in [0.25, 0.3) is 11.8 Å². The quantitative estimate of drug-likeness (QED) is 0.292. The Hall–Kier alpha value is -4.60. The molecule has 7 nitrogen and oxygen atoms in total. The van der Waals surface area contributed by atoms with Crippen molar-refractivity contribution in [1.82, 2.24) is 14.3 Å². The Labute approximate surface area is 220 Å². The van der Waals surface area contributed by atoms with E-state index >= 15 is 0 Å². The van der Waals surface area contributed by atoms with E-state index in [1.54, 1.807) is 24.5 Å². The second-order valence-electron chi connectivity index (χ2n) is 9.60. The van der Waals surface area contributed by atoms with Crippen molar-refractivity contribution in [2.24, 2.45) is 0 Å². The van der Waals surface area contributed by atoms with Gasteiger partial charge < -0.3 is 14.6 Å². The first-order valence-corrected chi connectivity index (χ1v) is 12.5.